The van der Waals surface area contributed by atoms with Crippen molar-refractivity contribution in [2.45, 2.75) is 46.5 Å². The van der Waals surface area contributed by atoms with E-state index in [-0.39, 0.29) is 17.3 Å². The molecule has 1 N–H and O–H groups in total. The molecule has 0 radical (unpaired) electrons. The summed E-state index contributed by atoms with van der Waals surface area (Å²) in [6, 6.07) is 9.65. The van der Waals surface area contributed by atoms with Crippen molar-refractivity contribution in [3.05, 3.63) is 58.0 Å². The van der Waals surface area contributed by atoms with Crippen molar-refractivity contribution in [2.75, 3.05) is 12.4 Å². The highest BCUT2D eigenvalue weighted by atomic mass is 32.1. The predicted molar refractivity (Wildman–Crippen MR) is 119 cm³/mol. The minimum atomic E-state index is -0.377. The Morgan fingerprint density at radius 2 is 2.00 bits per heavy atom. The molecule has 1 aliphatic carbocycles. The van der Waals surface area contributed by atoms with Crippen LogP contribution in [0.5, 0.6) is 0 Å². The Bertz CT molecular complexity index is 912. The maximum Gasteiger partial charge on any atom is 0.341 e. The van der Waals surface area contributed by atoms with E-state index in [9.17, 15) is 9.59 Å². The second kappa shape index (κ2) is 8.95. The van der Waals surface area contributed by atoms with Gasteiger partial charge < -0.3 is 10.1 Å². The summed E-state index contributed by atoms with van der Waals surface area (Å²) in [7, 11) is 1.39. The van der Waals surface area contributed by atoms with E-state index in [4.69, 9.17) is 4.74 Å². The number of rotatable bonds is 6. The first kappa shape index (κ1) is 21.3. The minimum absolute atomic E-state index is 0.247. The fourth-order valence-electron chi connectivity index (χ4n) is 3.84. The second-order valence-electron chi connectivity index (χ2n) is 8.21. The molecule has 1 amide bonds. The lowest BCUT2D eigenvalue weighted by molar-refractivity contribution is -0.111. The van der Waals surface area contributed by atoms with Crippen molar-refractivity contribution in [1.29, 1.82) is 0 Å². The van der Waals surface area contributed by atoms with Crippen LogP contribution >= 0.6 is 11.3 Å². The zero-order valence-corrected chi connectivity index (χ0v) is 18.4. The van der Waals surface area contributed by atoms with Crippen LogP contribution in [0.15, 0.2) is 36.4 Å². The van der Waals surface area contributed by atoms with Crippen LogP contribution < -0.4 is 5.32 Å². The molecular weight excluding hydrogens is 382 g/mol. The molecule has 2 aromatic rings. The lowest BCUT2D eigenvalue weighted by Gasteiger charge is -2.36. The third kappa shape index (κ3) is 4.78. The van der Waals surface area contributed by atoms with Crippen molar-refractivity contribution in [3.8, 4) is 0 Å². The molecule has 29 heavy (non-hydrogen) atoms. The van der Waals surface area contributed by atoms with Crippen molar-refractivity contribution in [2.24, 2.45) is 11.3 Å². The zero-order valence-electron chi connectivity index (χ0n) is 17.6. The number of fused-ring (bicyclic) bond motifs is 1. The Kier molecular flexibility index (Phi) is 6.58. The Morgan fingerprint density at radius 3 is 2.66 bits per heavy atom. The molecule has 154 valence electrons. The summed E-state index contributed by atoms with van der Waals surface area (Å²) in [6.45, 7) is 6.86. The maximum absolute atomic E-state index is 12.5. The van der Waals surface area contributed by atoms with Gasteiger partial charge in [-0.05, 0) is 47.8 Å². The number of ether oxygens (including phenoxy) is 1. The van der Waals surface area contributed by atoms with Crippen molar-refractivity contribution in [3.63, 3.8) is 0 Å². The summed E-state index contributed by atoms with van der Waals surface area (Å²) in [5.41, 5.74) is 2.79. The van der Waals surface area contributed by atoms with Crippen LogP contribution in [0.3, 0.4) is 0 Å². The number of hydrogen-bond donors (Lipinski definition) is 1. The molecule has 0 saturated carbocycles. The van der Waals surface area contributed by atoms with E-state index in [0.717, 1.165) is 36.8 Å². The van der Waals surface area contributed by atoms with E-state index in [1.165, 1.54) is 29.4 Å². The fourth-order valence-corrected chi connectivity index (χ4v) is 5.16. The molecule has 1 unspecified atom stereocenters. The van der Waals surface area contributed by atoms with Crippen LogP contribution in [0.1, 0.15) is 60.0 Å². The topological polar surface area (TPSA) is 55.4 Å². The molecular formula is C24H29NO3S. The van der Waals surface area contributed by atoms with Gasteiger partial charge in [-0.3, -0.25) is 4.79 Å². The number of amides is 1. The van der Waals surface area contributed by atoms with Gasteiger partial charge in [0.1, 0.15) is 5.00 Å². The molecule has 1 aromatic heterocycles. The zero-order chi connectivity index (χ0) is 21.0. The van der Waals surface area contributed by atoms with Gasteiger partial charge >= 0.3 is 5.97 Å². The quantitative estimate of drug-likeness (QED) is 0.488. The molecule has 1 heterocycles. The monoisotopic (exact) mass is 411 g/mol. The largest absolute Gasteiger partial charge is 0.465 e. The standard InChI is InChI=1S/C24H29NO3S/c1-5-24(2,3)17-12-13-18-19(15-17)29-22(21(18)23(27)28-4)25-20(26)14-11-16-9-7-6-8-10-16/h6-11,14,17H,5,12-13,15H2,1-4H3,(H,25,26)/b14-11+. The first-order valence-electron chi connectivity index (χ1n) is 10.1. The first-order valence-corrected chi connectivity index (χ1v) is 10.9. The van der Waals surface area contributed by atoms with Crippen LogP contribution in [0.2, 0.25) is 0 Å². The van der Waals surface area contributed by atoms with E-state index in [1.54, 1.807) is 6.08 Å². The van der Waals surface area contributed by atoms with E-state index in [2.05, 4.69) is 26.1 Å². The molecule has 1 aliphatic rings. The van der Waals surface area contributed by atoms with Crippen molar-refractivity contribution < 1.29 is 14.3 Å². The maximum atomic E-state index is 12.5. The molecule has 0 bridgehead atoms. The van der Waals surface area contributed by atoms with Crippen LogP contribution in [0.25, 0.3) is 6.08 Å². The highest BCUT2D eigenvalue weighted by Gasteiger charge is 2.35. The van der Waals surface area contributed by atoms with Crippen LogP contribution in [-0.2, 0) is 22.4 Å². The van der Waals surface area contributed by atoms with Gasteiger partial charge in [-0.15, -0.1) is 11.3 Å². The van der Waals surface area contributed by atoms with E-state index in [1.807, 2.05) is 30.3 Å². The number of methoxy groups -OCH3 is 1. The molecule has 4 nitrogen and oxygen atoms in total. The smallest absolute Gasteiger partial charge is 0.341 e. The number of hydrogen-bond acceptors (Lipinski definition) is 4. The third-order valence-electron chi connectivity index (χ3n) is 6.13. The first-order chi connectivity index (χ1) is 13.9. The van der Waals surface area contributed by atoms with Gasteiger partial charge in [-0.25, -0.2) is 4.79 Å². The Labute approximate surface area is 177 Å². The fraction of sp³-hybridized carbons (Fsp3) is 0.417. The van der Waals surface area contributed by atoms with Gasteiger partial charge in [0, 0.05) is 11.0 Å². The Balaban J connectivity index is 1.84. The summed E-state index contributed by atoms with van der Waals surface area (Å²) in [4.78, 5) is 26.2. The van der Waals surface area contributed by atoms with Crippen LogP contribution in [-0.4, -0.2) is 19.0 Å². The second-order valence-corrected chi connectivity index (χ2v) is 9.32. The average Bonchev–Trinajstić information content (AvgIpc) is 3.09. The summed E-state index contributed by atoms with van der Waals surface area (Å²) in [5, 5.41) is 3.51. The highest BCUT2D eigenvalue weighted by molar-refractivity contribution is 7.17. The van der Waals surface area contributed by atoms with Gasteiger partial charge in [-0.1, -0.05) is 57.5 Å². The lowest BCUT2D eigenvalue weighted by Crippen LogP contribution is -2.28. The van der Waals surface area contributed by atoms with Crippen LogP contribution in [0.4, 0.5) is 5.00 Å². The normalized spacial score (nSPS) is 16.5. The number of carbonyl (C=O) groups is 2. The summed E-state index contributed by atoms with van der Waals surface area (Å²) < 4.78 is 5.03. The molecule has 5 heteroatoms. The predicted octanol–water partition coefficient (Wildman–Crippen LogP) is 5.73. The van der Waals surface area contributed by atoms with Gasteiger partial charge in [0.15, 0.2) is 0 Å². The number of anilines is 1. The lowest BCUT2D eigenvalue weighted by atomic mass is 9.69. The number of nitrogens with one attached hydrogen (secondary N) is 1. The van der Waals surface area contributed by atoms with Crippen molar-refractivity contribution in [1.82, 2.24) is 0 Å². The molecule has 0 fully saturated rings. The summed E-state index contributed by atoms with van der Waals surface area (Å²) in [5.74, 6) is -0.0493. The number of thiophene rings is 1. The molecule has 1 aromatic carbocycles. The van der Waals surface area contributed by atoms with Crippen LogP contribution in [0, 0.1) is 11.3 Å². The molecule has 0 saturated heterocycles. The van der Waals surface area contributed by atoms with E-state index < -0.39 is 0 Å². The average molecular weight is 412 g/mol. The summed E-state index contributed by atoms with van der Waals surface area (Å²) >= 11 is 1.52. The van der Waals surface area contributed by atoms with Crippen molar-refractivity contribution >= 4 is 34.3 Å². The Hall–Kier alpha value is -2.40. The molecule has 1 atom stereocenters. The van der Waals surface area contributed by atoms with Gasteiger partial charge in [0.05, 0.1) is 12.7 Å². The van der Waals surface area contributed by atoms with Gasteiger partial charge in [-0.2, -0.15) is 0 Å². The number of benzene rings is 1. The Morgan fingerprint density at radius 1 is 1.28 bits per heavy atom. The van der Waals surface area contributed by atoms with E-state index >= 15 is 0 Å². The van der Waals surface area contributed by atoms with E-state index in [0.29, 0.717) is 16.5 Å². The SMILES string of the molecule is CCC(C)(C)C1CCc2c(sc(NC(=O)/C=C/c3ccccc3)c2C(=O)OC)C1. The minimum Gasteiger partial charge on any atom is -0.465 e. The van der Waals surface area contributed by atoms with Gasteiger partial charge in [0.2, 0.25) is 5.91 Å². The number of carbonyl (C=O) groups excluding carboxylic acids is 2. The molecule has 0 aliphatic heterocycles. The number of esters is 1. The molecule has 0 spiro atoms. The van der Waals surface area contributed by atoms with Gasteiger partial charge in [0.25, 0.3) is 0 Å². The summed E-state index contributed by atoms with van der Waals surface area (Å²) in [6.07, 6.45) is 7.23. The third-order valence-corrected chi connectivity index (χ3v) is 7.30. The molecule has 3 rings (SSSR count). The highest BCUT2D eigenvalue weighted by Crippen LogP contribution is 2.45.